The number of carboxylic acid groups (broad SMARTS) is 1. The molecule has 3 nitrogen and oxygen atoms in total. The molecule has 0 aliphatic carbocycles. The lowest BCUT2D eigenvalue weighted by atomic mass is 10.1. The van der Waals surface area contributed by atoms with Crippen molar-refractivity contribution in [3.63, 3.8) is 0 Å². The average Bonchev–Trinajstić information content (AvgIpc) is 2.69. The van der Waals surface area contributed by atoms with Crippen LogP contribution in [0.1, 0.15) is 50.1 Å². The molecule has 0 aliphatic heterocycles. The minimum atomic E-state index is -0.710. The summed E-state index contributed by atoms with van der Waals surface area (Å²) in [4.78, 5) is 14.4. The minimum Gasteiger partial charge on any atom is -0.481 e. The lowest BCUT2D eigenvalue weighted by Crippen LogP contribution is -2.34. The molecular formula is C14H23NO2S. The first-order valence-corrected chi connectivity index (χ1v) is 7.33. The van der Waals surface area contributed by atoms with Crippen LogP contribution in [0.2, 0.25) is 0 Å². The second-order valence-corrected chi connectivity index (χ2v) is 5.92. The Morgan fingerprint density at radius 2 is 2.11 bits per heavy atom. The van der Waals surface area contributed by atoms with Crippen LogP contribution >= 0.6 is 11.3 Å². The third-order valence-electron chi connectivity index (χ3n) is 3.25. The fraction of sp³-hybridized carbons (Fsp3) is 0.643. The number of hydrogen-bond acceptors (Lipinski definition) is 3. The van der Waals surface area contributed by atoms with Crippen LogP contribution in [-0.4, -0.2) is 28.6 Å². The topological polar surface area (TPSA) is 40.5 Å². The Morgan fingerprint density at radius 3 is 2.56 bits per heavy atom. The maximum atomic E-state index is 10.6. The number of hydrogen-bond donors (Lipinski definition) is 1. The van der Waals surface area contributed by atoms with Gasteiger partial charge in [-0.25, -0.2) is 0 Å². The zero-order chi connectivity index (χ0) is 13.7. The standard InChI is InChI=1S/C14H23NO2S/c1-10(2)15(8-5-6-13(16)17)12(4)14-11(3)7-9-18-14/h7,9-10,12H,5-6,8H2,1-4H3,(H,16,17). The summed E-state index contributed by atoms with van der Waals surface area (Å²) in [6.45, 7) is 9.51. The van der Waals surface area contributed by atoms with Crippen LogP contribution in [0.4, 0.5) is 0 Å². The Labute approximate surface area is 113 Å². The summed E-state index contributed by atoms with van der Waals surface area (Å²) in [6.07, 6.45) is 0.960. The summed E-state index contributed by atoms with van der Waals surface area (Å²) in [6, 6.07) is 2.93. The largest absolute Gasteiger partial charge is 0.481 e. The lowest BCUT2D eigenvalue weighted by molar-refractivity contribution is -0.137. The molecule has 0 radical (unpaired) electrons. The van der Waals surface area contributed by atoms with Gasteiger partial charge >= 0.3 is 5.97 Å². The highest BCUT2D eigenvalue weighted by atomic mass is 32.1. The minimum absolute atomic E-state index is 0.249. The molecule has 0 amide bonds. The van der Waals surface area contributed by atoms with Gasteiger partial charge in [0.1, 0.15) is 0 Å². The molecule has 0 spiro atoms. The van der Waals surface area contributed by atoms with Crippen LogP contribution in [0.5, 0.6) is 0 Å². The van der Waals surface area contributed by atoms with E-state index < -0.39 is 5.97 Å². The first kappa shape index (κ1) is 15.2. The molecule has 1 heterocycles. The molecule has 102 valence electrons. The highest BCUT2D eigenvalue weighted by molar-refractivity contribution is 7.10. The van der Waals surface area contributed by atoms with Gasteiger partial charge in [-0.05, 0) is 57.7 Å². The van der Waals surface area contributed by atoms with Gasteiger partial charge in [-0.3, -0.25) is 9.69 Å². The van der Waals surface area contributed by atoms with Gasteiger partial charge in [-0.2, -0.15) is 0 Å². The average molecular weight is 269 g/mol. The normalized spacial score (nSPS) is 13.2. The molecular weight excluding hydrogens is 246 g/mol. The second kappa shape index (κ2) is 6.90. The van der Waals surface area contributed by atoms with E-state index >= 15 is 0 Å². The van der Waals surface area contributed by atoms with Crippen LogP contribution in [0.3, 0.4) is 0 Å². The molecule has 1 N–H and O–H groups in total. The number of aryl methyl sites for hydroxylation is 1. The van der Waals surface area contributed by atoms with Gasteiger partial charge in [0.05, 0.1) is 0 Å². The maximum absolute atomic E-state index is 10.6. The molecule has 1 unspecified atom stereocenters. The third kappa shape index (κ3) is 4.10. The van der Waals surface area contributed by atoms with Crippen molar-refractivity contribution in [3.8, 4) is 0 Å². The van der Waals surface area contributed by atoms with Gasteiger partial charge < -0.3 is 5.11 Å². The fourth-order valence-electron chi connectivity index (χ4n) is 2.27. The van der Waals surface area contributed by atoms with Crippen LogP contribution in [0.25, 0.3) is 0 Å². The molecule has 0 saturated carbocycles. The molecule has 1 aromatic rings. The van der Waals surface area contributed by atoms with E-state index in [1.807, 2.05) is 0 Å². The van der Waals surface area contributed by atoms with Gasteiger partial charge in [0.15, 0.2) is 0 Å². The Hall–Kier alpha value is -0.870. The van der Waals surface area contributed by atoms with Crippen molar-refractivity contribution < 1.29 is 9.90 Å². The maximum Gasteiger partial charge on any atom is 0.303 e. The van der Waals surface area contributed by atoms with E-state index in [0.29, 0.717) is 18.5 Å². The lowest BCUT2D eigenvalue weighted by Gasteiger charge is -2.32. The highest BCUT2D eigenvalue weighted by Gasteiger charge is 2.20. The molecule has 0 saturated heterocycles. The number of carbonyl (C=O) groups is 1. The zero-order valence-corrected chi connectivity index (χ0v) is 12.5. The summed E-state index contributed by atoms with van der Waals surface area (Å²) in [5.41, 5.74) is 1.33. The molecule has 1 rings (SSSR count). The highest BCUT2D eigenvalue weighted by Crippen LogP contribution is 2.29. The Balaban J connectivity index is 2.67. The van der Waals surface area contributed by atoms with Gasteiger partial charge in [0, 0.05) is 23.4 Å². The quantitative estimate of drug-likeness (QED) is 0.820. The number of thiophene rings is 1. The van der Waals surface area contributed by atoms with Gasteiger partial charge in [-0.15, -0.1) is 11.3 Å². The third-order valence-corrected chi connectivity index (χ3v) is 4.44. The number of aliphatic carboxylic acids is 1. The predicted octanol–water partition coefficient (Wildman–Crippen LogP) is 3.69. The summed E-state index contributed by atoms with van der Waals surface area (Å²) < 4.78 is 0. The number of rotatable bonds is 7. The summed E-state index contributed by atoms with van der Waals surface area (Å²) >= 11 is 1.79. The van der Waals surface area contributed by atoms with E-state index in [9.17, 15) is 4.79 Å². The first-order chi connectivity index (χ1) is 8.43. The SMILES string of the molecule is Cc1ccsc1C(C)N(CCCC(=O)O)C(C)C. The van der Waals surface area contributed by atoms with E-state index in [1.165, 1.54) is 10.4 Å². The van der Waals surface area contributed by atoms with E-state index in [2.05, 4.69) is 44.0 Å². The Morgan fingerprint density at radius 1 is 1.44 bits per heavy atom. The molecule has 1 aromatic heterocycles. The summed E-state index contributed by atoms with van der Waals surface area (Å²) in [5, 5.41) is 10.8. The van der Waals surface area contributed by atoms with Gasteiger partial charge in [0.2, 0.25) is 0 Å². The molecule has 18 heavy (non-hydrogen) atoms. The van der Waals surface area contributed by atoms with E-state index in [4.69, 9.17) is 5.11 Å². The van der Waals surface area contributed by atoms with Crippen molar-refractivity contribution in [2.45, 2.75) is 52.6 Å². The summed E-state index contributed by atoms with van der Waals surface area (Å²) in [7, 11) is 0. The molecule has 0 fully saturated rings. The van der Waals surface area contributed by atoms with Crippen LogP contribution in [0.15, 0.2) is 11.4 Å². The second-order valence-electron chi connectivity index (χ2n) is 4.97. The van der Waals surface area contributed by atoms with E-state index in [-0.39, 0.29) is 6.42 Å². The van der Waals surface area contributed by atoms with Crippen molar-refractivity contribution in [1.82, 2.24) is 4.90 Å². The predicted molar refractivity (Wildman–Crippen MR) is 76.2 cm³/mol. The van der Waals surface area contributed by atoms with Gasteiger partial charge in [0.25, 0.3) is 0 Å². The Bertz CT molecular complexity index is 387. The van der Waals surface area contributed by atoms with Crippen molar-refractivity contribution in [1.29, 1.82) is 0 Å². The van der Waals surface area contributed by atoms with Crippen molar-refractivity contribution in [2.75, 3.05) is 6.54 Å². The number of nitrogens with zero attached hydrogens (tertiary/aromatic N) is 1. The van der Waals surface area contributed by atoms with Crippen LogP contribution in [0, 0.1) is 6.92 Å². The van der Waals surface area contributed by atoms with Crippen LogP contribution in [-0.2, 0) is 4.79 Å². The molecule has 1 atom stereocenters. The van der Waals surface area contributed by atoms with E-state index in [1.54, 1.807) is 11.3 Å². The molecule has 0 bridgehead atoms. The Kier molecular flexibility index (Phi) is 5.82. The number of carboxylic acids is 1. The monoisotopic (exact) mass is 269 g/mol. The van der Waals surface area contributed by atoms with E-state index in [0.717, 1.165) is 6.54 Å². The van der Waals surface area contributed by atoms with Crippen LogP contribution < -0.4 is 0 Å². The molecule has 0 aliphatic rings. The van der Waals surface area contributed by atoms with Crippen molar-refractivity contribution in [3.05, 3.63) is 21.9 Å². The molecule has 0 aromatic carbocycles. The molecule has 4 heteroatoms. The van der Waals surface area contributed by atoms with Crippen molar-refractivity contribution >= 4 is 17.3 Å². The first-order valence-electron chi connectivity index (χ1n) is 6.45. The van der Waals surface area contributed by atoms with Crippen molar-refractivity contribution in [2.24, 2.45) is 0 Å². The fourth-order valence-corrected chi connectivity index (χ4v) is 3.28. The smallest absolute Gasteiger partial charge is 0.303 e. The zero-order valence-electron chi connectivity index (χ0n) is 11.6. The summed E-state index contributed by atoms with van der Waals surface area (Å²) in [5.74, 6) is -0.710. The van der Waals surface area contributed by atoms with Gasteiger partial charge in [-0.1, -0.05) is 0 Å².